The molecule has 1 N–H and O–H groups in total. The molecule has 0 bridgehead atoms. The number of carbonyl (C=O) groups excluding carboxylic acids is 2. The van der Waals surface area contributed by atoms with Crippen LogP contribution < -0.4 is 5.32 Å². The number of rotatable bonds is 6. The zero-order chi connectivity index (χ0) is 21.6. The molecule has 0 unspecified atom stereocenters. The first-order valence-corrected chi connectivity index (χ1v) is 10.5. The fourth-order valence-electron chi connectivity index (χ4n) is 3.77. The summed E-state index contributed by atoms with van der Waals surface area (Å²) in [6, 6.07) is 21.6. The number of amides is 2. The molecule has 1 aromatic heterocycles. The van der Waals surface area contributed by atoms with Crippen LogP contribution >= 0.6 is 0 Å². The van der Waals surface area contributed by atoms with Crippen molar-refractivity contribution in [2.24, 2.45) is 7.05 Å². The van der Waals surface area contributed by atoms with Gasteiger partial charge in [0, 0.05) is 45.8 Å². The number of benzene rings is 2. The highest BCUT2D eigenvalue weighted by Crippen LogP contribution is 2.15. The number of hydrogen-bond donors (Lipinski definition) is 1. The first-order valence-electron chi connectivity index (χ1n) is 10.5. The average Bonchev–Trinajstić information content (AvgIpc) is 3.15. The number of aryl methyl sites for hydroxylation is 1. The Morgan fingerprint density at radius 3 is 2.16 bits per heavy atom. The fraction of sp³-hybridized carbons (Fsp3) is 0.292. The van der Waals surface area contributed by atoms with Gasteiger partial charge < -0.3 is 10.2 Å². The van der Waals surface area contributed by atoms with Gasteiger partial charge in [-0.2, -0.15) is 5.10 Å². The normalized spacial score (nSPS) is 14.4. The molecule has 1 fully saturated rings. The van der Waals surface area contributed by atoms with Gasteiger partial charge in [-0.25, -0.2) is 0 Å². The molecular weight excluding hydrogens is 390 g/mol. The SMILES string of the molecule is Cn1nc(C(=O)N2CCN(Cc3ccccc3)CC2)cc1NC(=O)Cc1ccccc1. The summed E-state index contributed by atoms with van der Waals surface area (Å²) in [5.41, 5.74) is 2.57. The predicted molar refractivity (Wildman–Crippen MR) is 120 cm³/mol. The van der Waals surface area contributed by atoms with E-state index in [9.17, 15) is 9.59 Å². The lowest BCUT2D eigenvalue weighted by atomic mass is 10.1. The highest BCUT2D eigenvalue weighted by molar-refractivity contribution is 5.96. The van der Waals surface area contributed by atoms with Gasteiger partial charge in [0.15, 0.2) is 5.69 Å². The summed E-state index contributed by atoms with van der Waals surface area (Å²) in [6.45, 7) is 3.88. The smallest absolute Gasteiger partial charge is 0.274 e. The van der Waals surface area contributed by atoms with E-state index in [2.05, 4.69) is 27.4 Å². The highest BCUT2D eigenvalue weighted by atomic mass is 16.2. The Bertz CT molecular complexity index is 1020. The highest BCUT2D eigenvalue weighted by Gasteiger charge is 2.24. The standard InChI is InChI=1S/C24H27N5O2/c1-27-22(25-23(30)16-19-8-4-2-5-9-19)17-21(26-27)24(31)29-14-12-28(13-15-29)18-20-10-6-3-7-11-20/h2-11,17H,12-16,18H2,1H3,(H,25,30). The minimum absolute atomic E-state index is 0.0986. The number of aromatic nitrogens is 2. The van der Waals surface area contributed by atoms with Crippen molar-refractivity contribution in [2.45, 2.75) is 13.0 Å². The minimum atomic E-state index is -0.136. The zero-order valence-electron chi connectivity index (χ0n) is 17.7. The summed E-state index contributed by atoms with van der Waals surface area (Å²) in [5.74, 6) is 0.285. The summed E-state index contributed by atoms with van der Waals surface area (Å²) in [6.07, 6.45) is 0.276. The number of hydrogen-bond acceptors (Lipinski definition) is 4. The summed E-state index contributed by atoms with van der Waals surface area (Å²) < 4.78 is 1.54. The van der Waals surface area contributed by atoms with Crippen LogP contribution in [0.5, 0.6) is 0 Å². The molecule has 3 aromatic rings. The van der Waals surface area contributed by atoms with Gasteiger partial charge in [-0.05, 0) is 11.1 Å². The van der Waals surface area contributed by atoms with Crippen LogP contribution in [-0.4, -0.2) is 57.6 Å². The van der Waals surface area contributed by atoms with E-state index in [4.69, 9.17) is 0 Å². The number of piperazine rings is 1. The van der Waals surface area contributed by atoms with E-state index in [-0.39, 0.29) is 18.2 Å². The molecular formula is C24H27N5O2. The summed E-state index contributed by atoms with van der Waals surface area (Å²) in [5, 5.41) is 7.18. The van der Waals surface area contributed by atoms with Crippen molar-refractivity contribution in [3.8, 4) is 0 Å². The van der Waals surface area contributed by atoms with Gasteiger partial charge in [-0.15, -0.1) is 0 Å². The molecule has 0 radical (unpaired) electrons. The van der Waals surface area contributed by atoms with Gasteiger partial charge >= 0.3 is 0 Å². The molecule has 160 valence electrons. The summed E-state index contributed by atoms with van der Waals surface area (Å²) >= 11 is 0. The molecule has 2 aromatic carbocycles. The van der Waals surface area contributed by atoms with Crippen LogP contribution in [0.1, 0.15) is 21.6 Å². The average molecular weight is 418 g/mol. The fourth-order valence-corrected chi connectivity index (χ4v) is 3.77. The predicted octanol–water partition coefficient (Wildman–Crippen LogP) is 2.56. The number of carbonyl (C=O) groups is 2. The van der Waals surface area contributed by atoms with Crippen LogP contribution in [0.25, 0.3) is 0 Å². The zero-order valence-corrected chi connectivity index (χ0v) is 17.7. The molecule has 1 aliphatic heterocycles. The minimum Gasteiger partial charge on any atom is -0.335 e. The Morgan fingerprint density at radius 2 is 1.52 bits per heavy atom. The van der Waals surface area contributed by atoms with Gasteiger partial charge in [-0.1, -0.05) is 60.7 Å². The third-order valence-electron chi connectivity index (χ3n) is 5.48. The lowest BCUT2D eigenvalue weighted by Crippen LogP contribution is -2.48. The van der Waals surface area contributed by atoms with Crippen molar-refractivity contribution in [1.82, 2.24) is 19.6 Å². The molecule has 7 heteroatoms. The molecule has 2 amide bonds. The van der Waals surface area contributed by atoms with E-state index >= 15 is 0 Å². The second-order valence-electron chi connectivity index (χ2n) is 7.80. The third kappa shape index (κ3) is 5.38. The Labute approximate surface area is 182 Å². The van der Waals surface area contributed by atoms with E-state index in [1.165, 1.54) is 5.56 Å². The van der Waals surface area contributed by atoms with E-state index in [1.54, 1.807) is 17.8 Å². The van der Waals surface area contributed by atoms with Crippen molar-refractivity contribution >= 4 is 17.6 Å². The van der Waals surface area contributed by atoms with E-state index < -0.39 is 0 Å². The Kier molecular flexibility index (Phi) is 6.43. The number of nitrogens with one attached hydrogen (secondary N) is 1. The van der Waals surface area contributed by atoms with Crippen molar-refractivity contribution in [3.05, 3.63) is 83.6 Å². The van der Waals surface area contributed by atoms with Crippen molar-refractivity contribution in [3.63, 3.8) is 0 Å². The Morgan fingerprint density at radius 1 is 0.903 bits per heavy atom. The van der Waals surface area contributed by atoms with Gasteiger partial charge in [0.1, 0.15) is 5.82 Å². The van der Waals surface area contributed by atoms with Crippen molar-refractivity contribution < 1.29 is 9.59 Å². The molecule has 0 atom stereocenters. The Hall–Kier alpha value is -3.45. The van der Waals surface area contributed by atoms with Crippen LogP contribution in [0.15, 0.2) is 66.7 Å². The largest absolute Gasteiger partial charge is 0.335 e. The first kappa shape index (κ1) is 20.8. The number of nitrogens with zero attached hydrogens (tertiary/aromatic N) is 4. The molecule has 31 heavy (non-hydrogen) atoms. The molecule has 0 spiro atoms. The third-order valence-corrected chi connectivity index (χ3v) is 5.48. The molecule has 1 aliphatic rings. The molecule has 0 saturated carbocycles. The van der Waals surface area contributed by atoms with Gasteiger partial charge in [0.2, 0.25) is 5.91 Å². The first-order chi connectivity index (χ1) is 15.1. The van der Waals surface area contributed by atoms with Gasteiger partial charge in [0.05, 0.1) is 6.42 Å². The van der Waals surface area contributed by atoms with Crippen molar-refractivity contribution in [2.75, 3.05) is 31.5 Å². The lowest BCUT2D eigenvalue weighted by molar-refractivity contribution is -0.115. The molecule has 0 aliphatic carbocycles. The summed E-state index contributed by atoms with van der Waals surface area (Å²) in [7, 11) is 1.73. The second kappa shape index (κ2) is 9.57. The van der Waals surface area contributed by atoms with Crippen LogP contribution in [0, 0.1) is 0 Å². The van der Waals surface area contributed by atoms with E-state index in [1.807, 2.05) is 53.4 Å². The maximum atomic E-state index is 12.9. The maximum Gasteiger partial charge on any atom is 0.274 e. The van der Waals surface area contributed by atoms with E-state index in [0.29, 0.717) is 24.6 Å². The van der Waals surface area contributed by atoms with Crippen molar-refractivity contribution in [1.29, 1.82) is 0 Å². The molecule has 4 rings (SSSR count). The molecule has 7 nitrogen and oxygen atoms in total. The Balaban J connectivity index is 1.32. The second-order valence-corrected chi connectivity index (χ2v) is 7.80. The van der Waals surface area contributed by atoms with Gasteiger partial charge in [0.25, 0.3) is 5.91 Å². The van der Waals surface area contributed by atoms with Crippen LogP contribution in [0.4, 0.5) is 5.82 Å². The topological polar surface area (TPSA) is 70.5 Å². The maximum absolute atomic E-state index is 12.9. The monoisotopic (exact) mass is 417 g/mol. The van der Waals surface area contributed by atoms with Crippen LogP contribution in [-0.2, 0) is 24.8 Å². The number of anilines is 1. The van der Waals surface area contributed by atoms with Crippen LogP contribution in [0.2, 0.25) is 0 Å². The van der Waals surface area contributed by atoms with Crippen LogP contribution in [0.3, 0.4) is 0 Å². The van der Waals surface area contributed by atoms with E-state index in [0.717, 1.165) is 25.2 Å². The van der Waals surface area contributed by atoms with Gasteiger partial charge in [-0.3, -0.25) is 19.2 Å². The molecule has 1 saturated heterocycles. The summed E-state index contributed by atoms with van der Waals surface area (Å²) in [4.78, 5) is 29.5. The quantitative estimate of drug-likeness (QED) is 0.669. The lowest BCUT2D eigenvalue weighted by Gasteiger charge is -2.34. The molecule has 2 heterocycles.